The molecule has 1 saturated heterocycles. The third-order valence-electron chi connectivity index (χ3n) is 3.30. The SMILES string of the molecule is CC1CC2CCCCC2CS1. The van der Waals surface area contributed by atoms with Gasteiger partial charge in [0.15, 0.2) is 0 Å². The van der Waals surface area contributed by atoms with E-state index < -0.39 is 0 Å². The Morgan fingerprint density at radius 2 is 1.82 bits per heavy atom. The zero-order valence-electron chi connectivity index (χ0n) is 7.38. The third kappa shape index (κ3) is 1.74. The molecule has 0 aromatic carbocycles. The van der Waals surface area contributed by atoms with E-state index in [-0.39, 0.29) is 0 Å². The Morgan fingerprint density at radius 1 is 1.09 bits per heavy atom. The quantitative estimate of drug-likeness (QED) is 0.537. The molecule has 3 atom stereocenters. The second-order valence-corrected chi connectivity index (χ2v) is 5.66. The van der Waals surface area contributed by atoms with Crippen molar-refractivity contribution in [1.82, 2.24) is 0 Å². The standard InChI is InChI=1S/C10H18S/c1-8-6-9-4-2-3-5-10(9)7-11-8/h8-10H,2-7H2,1H3. The summed E-state index contributed by atoms with van der Waals surface area (Å²) < 4.78 is 0. The van der Waals surface area contributed by atoms with Gasteiger partial charge in [-0.15, -0.1) is 0 Å². The fourth-order valence-corrected chi connectivity index (χ4v) is 3.99. The molecule has 0 nitrogen and oxygen atoms in total. The van der Waals surface area contributed by atoms with Crippen molar-refractivity contribution in [1.29, 1.82) is 0 Å². The molecule has 2 fully saturated rings. The fraction of sp³-hybridized carbons (Fsp3) is 1.00. The number of thioether (sulfide) groups is 1. The summed E-state index contributed by atoms with van der Waals surface area (Å²) in [6.07, 6.45) is 7.60. The summed E-state index contributed by atoms with van der Waals surface area (Å²) in [7, 11) is 0. The Balaban J connectivity index is 1.93. The number of rotatable bonds is 0. The largest absolute Gasteiger partial charge is 0.159 e. The molecule has 1 saturated carbocycles. The van der Waals surface area contributed by atoms with Crippen LogP contribution >= 0.6 is 11.8 Å². The van der Waals surface area contributed by atoms with Gasteiger partial charge in [0.1, 0.15) is 0 Å². The van der Waals surface area contributed by atoms with E-state index in [1.54, 1.807) is 0 Å². The maximum atomic E-state index is 2.40. The lowest BCUT2D eigenvalue weighted by atomic mass is 9.77. The Labute approximate surface area is 74.1 Å². The average molecular weight is 170 g/mol. The van der Waals surface area contributed by atoms with Crippen LogP contribution < -0.4 is 0 Å². The highest BCUT2D eigenvalue weighted by molar-refractivity contribution is 7.99. The molecule has 11 heavy (non-hydrogen) atoms. The van der Waals surface area contributed by atoms with E-state index in [2.05, 4.69) is 18.7 Å². The smallest absolute Gasteiger partial charge is 0.00215 e. The molecule has 0 bridgehead atoms. The van der Waals surface area contributed by atoms with Crippen LogP contribution in [0.1, 0.15) is 39.0 Å². The van der Waals surface area contributed by atoms with E-state index in [1.807, 2.05) is 0 Å². The van der Waals surface area contributed by atoms with Gasteiger partial charge in [-0.05, 0) is 30.4 Å². The highest BCUT2D eigenvalue weighted by Crippen LogP contribution is 2.41. The zero-order chi connectivity index (χ0) is 7.68. The van der Waals surface area contributed by atoms with Crippen LogP contribution in [0.5, 0.6) is 0 Å². The number of hydrogen-bond acceptors (Lipinski definition) is 1. The van der Waals surface area contributed by atoms with Crippen LogP contribution in [0.2, 0.25) is 0 Å². The molecular formula is C10H18S. The second-order valence-electron chi connectivity index (χ2n) is 4.18. The lowest BCUT2D eigenvalue weighted by Crippen LogP contribution is -2.29. The maximum Gasteiger partial charge on any atom is 0.00215 e. The van der Waals surface area contributed by atoms with Crippen molar-refractivity contribution in [3.63, 3.8) is 0 Å². The first-order valence-corrected chi connectivity index (χ1v) is 6.03. The maximum absolute atomic E-state index is 2.40. The molecule has 0 aromatic rings. The summed E-state index contributed by atoms with van der Waals surface area (Å²) in [6.45, 7) is 2.40. The van der Waals surface area contributed by atoms with Crippen LogP contribution in [0.25, 0.3) is 0 Å². The van der Waals surface area contributed by atoms with Crippen LogP contribution in [-0.2, 0) is 0 Å². The molecule has 2 rings (SSSR count). The van der Waals surface area contributed by atoms with Crippen molar-refractivity contribution in [2.75, 3.05) is 5.75 Å². The van der Waals surface area contributed by atoms with E-state index >= 15 is 0 Å². The van der Waals surface area contributed by atoms with Gasteiger partial charge in [-0.25, -0.2) is 0 Å². The summed E-state index contributed by atoms with van der Waals surface area (Å²) in [5.41, 5.74) is 0. The minimum Gasteiger partial charge on any atom is -0.159 e. The van der Waals surface area contributed by atoms with Gasteiger partial charge < -0.3 is 0 Å². The molecule has 0 spiro atoms. The van der Waals surface area contributed by atoms with Gasteiger partial charge in [0.05, 0.1) is 0 Å². The van der Waals surface area contributed by atoms with Gasteiger partial charge in [-0.1, -0.05) is 26.2 Å². The lowest BCUT2D eigenvalue weighted by molar-refractivity contribution is 0.239. The summed E-state index contributed by atoms with van der Waals surface area (Å²) in [4.78, 5) is 0. The molecule has 1 heterocycles. The molecular weight excluding hydrogens is 152 g/mol. The fourth-order valence-electron chi connectivity index (χ4n) is 2.60. The van der Waals surface area contributed by atoms with Crippen molar-refractivity contribution >= 4 is 11.8 Å². The highest BCUT2D eigenvalue weighted by atomic mass is 32.2. The van der Waals surface area contributed by atoms with E-state index in [0.29, 0.717) is 0 Å². The van der Waals surface area contributed by atoms with Crippen LogP contribution in [0, 0.1) is 11.8 Å². The van der Waals surface area contributed by atoms with E-state index in [4.69, 9.17) is 0 Å². The molecule has 0 N–H and O–H groups in total. The summed E-state index contributed by atoms with van der Waals surface area (Å²) in [5, 5.41) is 0.953. The van der Waals surface area contributed by atoms with E-state index in [1.165, 1.54) is 37.9 Å². The summed E-state index contributed by atoms with van der Waals surface area (Å²) in [5.74, 6) is 3.68. The predicted octanol–water partition coefficient (Wildman–Crippen LogP) is 3.32. The Morgan fingerprint density at radius 3 is 2.64 bits per heavy atom. The van der Waals surface area contributed by atoms with Gasteiger partial charge in [-0.2, -0.15) is 11.8 Å². The van der Waals surface area contributed by atoms with Gasteiger partial charge in [-0.3, -0.25) is 0 Å². The molecule has 64 valence electrons. The Hall–Kier alpha value is 0.350. The Kier molecular flexibility index (Phi) is 2.45. The Bertz CT molecular complexity index is 133. The van der Waals surface area contributed by atoms with Crippen molar-refractivity contribution in [3.8, 4) is 0 Å². The monoisotopic (exact) mass is 170 g/mol. The van der Waals surface area contributed by atoms with Gasteiger partial charge in [0, 0.05) is 5.25 Å². The normalized spacial score (nSPS) is 45.0. The predicted molar refractivity (Wildman–Crippen MR) is 52.0 cm³/mol. The van der Waals surface area contributed by atoms with Gasteiger partial charge in [0.25, 0.3) is 0 Å². The highest BCUT2D eigenvalue weighted by Gasteiger charge is 2.30. The molecule has 0 radical (unpaired) electrons. The van der Waals surface area contributed by atoms with Crippen LogP contribution in [0.4, 0.5) is 0 Å². The average Bonchev–Trinajstić information content (AvgIpc) is 2.04. The zero-order valence-corrected chi connectivity index (χ0v) is 8.20. The van der Waals surface area contributed by atoms with Crippen LogP contribution in [-0.4, -0.2) is 11.0 Å². The molecule has 0 aromatic heterocycles. The molecule has 1 aliphatic carbocycles. The van der Waals surface area contributed by atoms with Crippen molar-refractivity contribution in [3.05, 3.63) is 0 Å². The van der Waals surface area contributed by atoms with Crippen molar-refractivity contribution in [2.24, 2.45) is 11.8 Å². The lowest BCUT2D eigenvalue weighted by Gasteiger charge is -2.37. The summed E-state index contributed by atoms with van der Waals surface area (Å²) >= 11 is 2.20. The van der Waals surface area contributed by atoms with E-state index in [9.17, 15) is 0 Å². The first-order valence-electron chi connectivity index (χ1n) is 4.98. The molecule has 3 unspecified atom stereocenters. The topological polar surface area (TPSA) is 0 Å². The minimum absolute atomic E-state index is 0.953. The molecule has 1 heteroatoms. The van der Waals surface area contributed by atoms with Crippen molar-refractivity contribution in [2.45, 2.75) is 44.3 Å². The van der Waals surface area contributed by atoms with Crippen LogP contribution in [0.3, 0.4) is 0 Å². The molecule has 1 aliphatic heterocycles. The van der Waals surface area contributed by atoms with E-state index in [0.717, 1.165) is 17.1 Å². The van der Waals surface area contributed by atoms with Crippen molar-refractivity contribution < 1.29 is 0 Å². The first kappa shape index (κ1) is 7.97. The molecule has 0 amide bonds. The number of hydrogen-bond donors (Lipinski definition) is 0. The first-order chi connectivity index (χ1) is 5.36. The third-order valence-corrected chi connectivity index (χ3v) is 4.68. The van der Waals surface area contributed by atoms with Gasteiger partial charge >= 0.3 is 0 Å². The minimum atomic E-state index is 0.953. The molecule has 2 aliphatic rings. The number of fused-ring (bicyclic) bond motifs is 1. The second kappa shape index (κ2) is 3.38. The summed E-state index contributed by atoms with van der Waals surface area (Å²) in [6, 6.07) is 0. The van der Waals surface area contributed by atoms with Gasteiger partial charge in [0.2, 0.25) is 0 Å². The van der Waals surface area contributed by atoms with Crippen LogP contribution in [0.15, 0.2) is 0 Å².